The van der Waals surface area contributed by atoms with Gasteiger partial charge >= 0.3 is 0 Å². The molecule has 1 aliphatic carbocycles. The Morgan fingerprint density at radius 1 is 1.18 bits per heavy atom. The van der Waals surface area contributed by atoms with Gasteiger partial charge < -0.3 is 9.73 Å². The molecule has 0 aromatic carbocycles. The summed E-state index contributed by atoms with van der Waals surface area (Å²) in [7, 11) is 1.96. The molecule has 1 saturated carbocycles. The lowest BCUT2D eigenvalue weighted by atomic mass is 9.87. The van der Waals surface area contributed by atoms with Crippen molar-refractivity contribution in [2.24, 2.45) is 5.92 Å². The first-order valence-corrected chi connectivity index (χ1v) is 6.84. The van der Waals surface area contributed by atoms with Crippen LogP contribution in [-0.2, 0) is 12.8 Å². The van der Waals surface area contributed by atoms with E-state index >= 15 is 0 Å². The van der Waals surface area contributed by atoms with Crippen LogP contribution in [0, 0.1) is 5.92 Å². The minimum absolute atomic E-state index is 0.773. The molecular weight excluding hydrogens is 214 g/mol. The van der Waals surface area contributed by atoms with Crippen molar-refractivity contribution < 1.29 is 4.42 Å². The minimum atomic E-state index is 0.773. The third kappa shape index (κ3) is 4.11. The zero-order valence-electron chi connectivity index (χ0n) is 10.7. The average Bonchev–Trinajstić information content (AvgIpc) is 2.79. The van der Waals surface area contributed by atoms with Gasteiger partial charge in [0.2, 0.25) is 11.8 Å². The Labute approximate surface area is 103 Å². The lowest BCUT2D eigenvalue weighted by Crippen LogP contribution is -2.09. The van der Waals surface area contributed by atoms with E-state index in [2.05, 4.69) is 15.5 Å². The van der Waals surface area contributed by atoms with E-state index in [1.165, 1.54) is 32.1 Å². The quantitative estimate of drug-likeness (QED) is 0.772. The number of hydrogen-bond acceptors (Lipinski definition) is 4. The van der Waals surface area contributed by atoms with Crippen LogP contribution in [0.1, 0.15) is 50.3 Å². The van der Waals surface area contributed by atoms with Gasteiger partial charge in [-0.15, -0.1) is 10.2 Å². The van der Waals surface area contributed by atoms with Gasteiger partial charge in [0.05, 0.1) is 0 Å². The summed E-state index contributed by atoms with van der Waals surface area (Å²) in [4.78, 5) is 0. The Bertz CT molecular complexity index is 318. The maximum atomic E-state index is 5.68. The third-order valence-corrected chi connectivity index (χ3v) is 3.51. The summed E-state index contributed by atoms with van der Waals surface area (Å²) in [5.74, 6) is 2.41. The molecule has 0 atom stereocenters. The van der Waals surface area contributed by atoms with E-state index < -0.39 is 0 Å². The van der Waals surface area contributed by atoms with Crippen LogP contribution in [0.3, 0.4) is 0 Å². The summed E-state index contributed by atoms with van der Waals surface area (Å²) in [6.07, 6.45) is 9.73. The van der Waals surface area contributed by atoms with Gasteiger partial charge in [-0.1, -0.05) is 19.3 Å². The van der Waals surface area contributed by atoms with Crippen molar-refractivity contribution in [3.8, 4) is 0 Å². The number of aryl methyl sites for hydroxylation is 1. The summed E-state index contributed by atoms with van der Waals surface area (Å²) in [6.45, 7) is 1.00. The van der Waals surface area contributed by atoms with Crippen LogP contribution in [0.4, 0.5) is 0 Å². The molecule has 1 N–H and O–H groups in total. The zero-order valence-corrected chi connectivity index (χ0v) is 10.7. The van der Waals surface area contributed by atoms with Crippen LogP contribution in [-0.4, -0.2) is 23.8 Å². The van der Waals surface area contributed by atoms with Gasteiger partial charge in [-0.05, 0) is 38.8 Å². The van der Waals surface area contributed by atoms with Crippen molar-refractivity contribution in [1.29, 1.82) is 0 Å². The summed E-state index contributed by atoms with van der Waals surface area (Å²) in [6, 6.07) is 0. The standard InChI is InChI=1S/C13H23N3O/c1-14-9-5-8-12-15-16-13(17-12)10-11-6-3-2-4-7-11/h11,14H,2-10H2,1H3. The molecular formula is C13H23N3O. The van der Waals surface area contributed by atoms with E-state index in [1.807, 2.05) is 7.05 Å². The lowest BCUT2D eigenvalue weighted by Gasteiger charge is -2.19. The molecule has 4 heteroatoms. The smallest absolute Gasteiger partial charge is 0.216 e. The highest BCUT2D eigenvalue weighted by Crippen LogP contribution is 2.26. The molecule has 4 nitrogen and oxygen atoms in total. The van der Waals surface area contributed by atoms with Crippen molar-refractivity contribution in [1.82, 2.24) is 15.5 Å². The monoisotopic (exact) mass is 237 g/mol. The molecule has 1 aromatic heterocycles. The molecule has 1 aliphatic rings. The summed E-state index contributed by atoms with van der Waals surface area (Å²) >= 11 is 0. The Hall–Kier alpha value is -0.900. The number of rotatable bonds is 6. The SMILES string of the molecule is CNCCCc1nnc(CC2CCCCC2)o1. The van der Waals surface area contributed by atoms with Crippen molar-refractivity contribution in [2.45, 2.75) is 51.4 Å². The van der Waals surface area contributed by atoms with Gasteiger partial charge in [0.1, 0.15) is 0 Å². The molecule has 96 valence electrons. The molecule has 0 amide bonds. The van der Waals surface area contributed by atoms with Crippen molar-refractivity contribution >= 4 is 0 Å². The highest BCUT2D eigenvalue weighted by atomic mass is 16.4. The summed E-state index contributed by atoms with van der Waals surface area (Å²) < 4.78 is 5.68. The second kappa shape index (κ2) is 6.74. The first-order chi connectivity index (χ1) is 8.38. The second-order valence-corrected chi connectivity index (χ2v) is 5.00. The molecule has 0 unspecified atom stereocenters. The fourth-order valence-electron chi connectivity index (χ4n) is 2.53. The van der Waals surface area contributed by atoms with Crippen LogP contribution >= 0.6 is 0 Å². The summed E-state index contributed by atoms with van der Waals surface area (Å²) in [5.41, 5.74) is 0. The fourth-order valence-corrected chi connectivity index (χ4v) is 2.53. The summed E-state index contributed by atoms with van der Waals surface area (Å²) in [5, 5.41) is 11.4. The van der Waals surface area contributed by atoms with E-state index in [4.69, 9.17) is 4.42 Å². The molecule has 0 radical (unpaired) electrons. The molecule has 1 aromatic rings. The Morgan fingerprint density at radius 2 is 1.94 bits per heavy atom. The largest absolute Gasteiger partial charge is 0.425 e. The fraction of sp³-hybridized carbons (Fsp3) is 0.846. The van der Waals surface area contributed by atoms with Gasteiger partial charge in [-0.25, -0.2) is 0 Å². The molecule has 0 saturated heterocycles. The minimum Gasteiger partial charge on any atom is -0.425 e. The van der Waals surface area contributed by atoms with E-state index in [0.29, 0.717) is 0 Å². The number of nitrogens with zero attached hydrogens (tertiary/aromatic N) is 2. The van der Waals surface area contributed by atoms with Gasteiger partial charge in [0.25, 0.3) is 0 Å². The maximum Gasteiger partial charge on any atom is 0.216 e. The Balaban J connectivity index is 1.76. The second-order valence-electron chi connectivity index (χ2n) is 5.00. The number of nitrogens with one attached hydrogen (secondary N) is 1. The highest BCUT2D eigenvalue weighted by molar-refractivity contribution is 4.85. The van der Waals surface area contributed by atoms with E-state index in [-0.39, 0.29) is 0 Å². The van der Waals surface area contributed by atoms with E-state index in [0.717, 1.165) is 43.5 Å². The predicted octanol–water partition coefficient (Wildman–Crippen LogP) is 2.34. The normalized spacial score (nSPS) is 17.5. The number of hydrogen-bond donors (Lipinski definition) is 1. The van der Waals surface area contributed by atoms with Crippen molar-refractivity contribution in [3.05, 3.63) is 11.8 Å². The lowest BCUT2D eigenvalue weighted by molar-refractivity contribution is 0.324. The van der Waals surface area contributed by atoms with Crippen LogP contribution in [0.5, 0.6) is 0 Å². The van der Waals surface area contributed by atoms with Gasteiger partial charge in [0, 0.05) is 12.8 Å². The zero-order chi connectivity index (χ0) is 11.9. The first kappa shape index (κ1) is 12.6. The Morgan fingerprint density at radius 3 is 2.71 bits per heavy atom. The van der Waals surface area contributed by atoms with Crippen LogP contribution < -0.4 is 5.32 Å². The molecule has 17 heavy (non-hydrogen) atoms. The Kier molecular flexibility index (Phi) is 4.98. The molecule has 2 rings (SSSR count). The van der Waals surface area contributed by atoms with Crippen LogP contribution in [0.25, 0.3) is 0 Å². The predicted molar refractivity (Wildman–Crippen MR) is 66.8 cm³/mol. The van der Waals surface area contributed by atoms with E-state index in [9.17, 15) is 0 Å². The third-order valence-electron chi connectivity index (χ3n) is 3.51. The average molecular weight is 237 g/mol. The van der Waals surface area contributed by atoms with Crippen LogP contribution in [0.15, 0.2) is 4.42 Å². The molecule has 0 spiro atoms. The molecule has 0 aliphatic heterocycles. The van der Waals surface area contributed by atoms with Gasteiger partial charge in [-0.3, -0.25) is 0 Å². The van der Waals surface area contributed by atoms with Gasteiger partial charge in [-0.2, -0.15) is 0 Å². The van der Waals surface area contributed by atoms with Crippen molar-refractivity contribution in [3.63, 3.8) is 0 Å². The number of aromatic nitrogens is 2. The molecule has 1 heterocycles. The topological polar surface area (TPSA) is 51.0 Å². The van der Waals surface area contributed by atoms with Crippen LogP contribution in [0.2, 0.25) is 0 Å². The van der Waals surface area contributed by atoms with Crippen molar-refractivity contribution in [2.75, 3.05) is 13.6 Å². The highest BCUT2D eigenvalue weighted by Gasteiger charge is 2.17. The van der Waals surface area contributed by atoms with E-state index in [1.54, 1.807) is 0 Å². The maximum absolute atomic E-state index is 5.68. The molecule has 0 bridgehead atoms. The van der Waals surface area contributed by atoms with Gasteiger partial charge in [0.15, 0.2) is 0 Å². The first-order valence-electron chi connectivity index (χ1n) is 6.84. The molecule has 1 fully saturated rings.